The number of rotatable bonds is 4. The maximum atomic E-state index is 12.5. The third-order valence-electron chi connectivity index (χ3n) is 3.74. The van der Waals surface area contributed by atoms with Gasteiger partial charge in [0.25, 0.3) is 11.8 Å². The van der Waals surface area contributed by atoms with E-state index in [9.17, 15) is 9.59 Å². The van der Waals surface area contributed by atoms with Crippen molar-refractivity contribution >= 4 is 17.5 Å². The Morgan fingerprint density at radius 3 is 1.75 bits per heavy atom. The lowest BCUT2D eigenvalue weighted by Crippen LogP contribution is -2.30. The zero-order valence-corrected chi connectivity index (χ0v) is 14.9. The standard InChI is InChI=1S/C20H24N2O2/c1-12(2)21-19(23)16-6-8-17(9-7-16)20(24)22-18-14(4)10-13(3)11-15(18)5/h6-12H,1-5H3,(H,21,23)(H,22,24). The Hall–Kier alpha value is -2.62. The largest absolute Gasteiger partial charge is 0.350 e. The molecule has 2 rings (SSSR count). The highest BCUT2D eigenvalue weighted by Gasteiger charge is 2.12. The minimum absolute atomic E-state index is 0.0768. The second-order valence-corrected chi connectivity index (χ2v) is 6.43. The maximum Gasteiger partial charge on any atom is 0.255 e. The van der Waals surface area contributed by atoms with Gasteiger partial charge in [0.2, 0.25) is 0 Å². The van der Waals surface area contributed by atoms with Crippen molar-refractivity contribution in [3.8, 4) is 0 Å². The average Bonchev–Trinajstić information content (AvgIpc) is 2.50. The molecule has 0 saturated carbocycles. The van der Waals surface area contributed by atoms with Gasteiger partial charge in [0.1, 0.15) is 0 Å². The van der Waals surface area contributed by atoms with Crippen LogP contribution in [0.3, 0.4) is 0 Å². The van der Waals surface area contributed by atoms with Gasteiger partial charge in [-0.25, -0.2) is 0 Å². The van der Waals surface area contributed by atoms with E-state index < -0.39 is 0 Å². The first kappa shape index (κ1) is 17.7. The molecule has 0 aliphatic heterocycles. The van der Waals surface area contributed by atoms with Crippen molar-refractivity contribution in [1.82, 2.24) is 5.32 Å². The van der Waals surface area contributed by atoms with Gasteiger partial charge in [-0.15, -0.1) is 0 Å². The van der Waals surface area contributed by atoms with Crippen molar-refractivity contribution in [1.29, 1.82) is 0 Å². The summed E-state index contributed by atoms with van der Waals surface area (Å²) in [5, 5.41) is 5.79. The molecule has 0 aromatic heterocycles. The van der Waals surface area contributed by atoms with Crippen molar-refractivity contribution in [3.05, 3.63) is 64.2 Å². The molecule has 4 nitrogen and oxygen atoms in total. The molecule has 126 valence electrons. The number of carbonyl (C=O) groups excluding carboxylic acids is 2. The quantitative estimate of drug-likeness (QED) is 0.893. The van der Waals surface area contributed by atoms with Crippen LogP contribution in [-0.4, -0.2) is 17.9 Å². The smallest absolute Gasteiger partial charge is 0.255 e. The lowest BCUT2D eigenvalue weighted by atomic mass is 10.0. The minimum Gasteiger partial charge on any atom is -0.350 e. The molecule has 0 aliphatic carbocycles. The van der Waals surface area contributed by atoms with E-state index >= 15 is 0 Å². The molecular formula is C20H24N2O2. The molecule has 0 radical (unpaired) electrons. The molecular weight excluding hydrogens is 300 g/mol. The van der Waals surface area contributed by atoms with Crippen LogP contribution < -0.4 is 10.6 Å². The van der Waals surface area contributed by atoms with Crippen molar-refractivity contribution in [2.75, 3.05) is 5.32 Å². The average molecular weight is 324 g/mol. The summed E-state index contributed by atoms with van der Waals surface area (Å²) in [6.45, 7) is 9.81. The molecule has 2 N–H and O–H groups in total. The zero-order chi connectivity index (χ0) is 17.9. The molecule has 2 amide bonds. The van der Waals surface area contributed by atoms with E-state index in [1.54, 1.807) is 24.3 Å². The van der Waals surface area contributed by atoms with Gasteiger partial charge in [0.05, 0.1) is 0 Å². The predicted molar refractivity (Wildman–Crippen MR) is 97.7 cm³/mol. The summed E-state index contributed by atoms with van der Waals surface area (Å²) in [5.74, 6) is -0.317. The molecule has 24 heavy (non-hydrogen) atoms. The Bertz CT molecular complexity index is 739. The fraction of sp³-hybridized carbons (Fsp3) is 0.300. The molecule has 4 heteroatoms. The Morgan fingerprint density at radius 1 is 0.833 bits per heavy atom. The summed E-state index contributed by atoms with van der Waals surface area (Å²) >= 11 is 0. The summed E-state index contributed by atoms with van der Waals surface area (Å²) < 4.78 is 0. The van der Waals surface area contributed by atoms with Crippen LogP contribution in [0.5, 0.6) is 0 Å². The Kier molecular flexibility index (Phi) is 5.39. The first-order valence-corrected chi connectivity index (χ1v) is 8.08. The predicted octanol–water partition coefficient (Wildman–Crippen LogP) is 4.00. The number of hydrogen-bond acceptors (Lipinski definition) is 2. The monoisotopic (exact) mass is 324 g/mol. The molecule has 2 aromatic carbocycles. The molecule has 0 fully saturated rings. The van der Waals surface area contributed by atoms with Crippen LogP contribution in [0.15, 0.2) is 36.4 Å². The fourth-order valence-corrected chi connectivity index (χ4v) is 2.68. The summed E-state index contributed by atoms with van der Waals surface area (Å²) in [5.41, 5.74) is 5.15. The molecule has 2 aromatic rings. The first-order chi connectivity index (χ1) is 11.3. The number of aryl methyl sites for hydroxylation is 3. The minimum atomic E-state index is -0.180. The van der Waals surface area contributed by atoms with E-state index in [1.807, 2.05) is 46.8 Å². The molecule has 0 atom stereocenters. The molecule has 0 spiro atoms. The van der Waals surface area contributed by atoms with Gasteiger partial charge >= 0.3 is 0 Å². The van der Waals surface area contributed by atoms with Crippen molar-refractivity contribution in [2.24, 2.45) is 0 Å². The summed E-state index contributed by atoms with van der Waals surface area (Å²) in [7, 11) is 0. The molecule has 0 unspecified atom stereocenters. The maximum absolute atomic E-state index is 12.5. The van der Waals surface area contributed by atoms with Crippen LogP contribution >= 0.6 is 0 Å². The first-order valence-electron chi connectivity index (χ1n) is 8.08. The Morgan fingerprint density at radius 2 is 1.29 bits per heavy atom. The highest BCUT2D eigenvalue weighted by Crippen LogP contribution is 2.22. The van der Waals surface area contributed by atoms with Crippen molar-refractivity contribution < 1.29 is 9.59 Å². The second-order valence-electron chi connectivity index (χ2n) is 6.43. The van der Waals surface area contributed by atoms with Gasteiger partial charge in [0, 0.05) is 22.9 Å². The van der Waals surface area contributed by atoms with E-state index in [2.05, 4.69) is 10.6 Å². The molecule has 0 bridgehead atoms. The van der Waals surface area contributed by atoms with Gasteiger partial charge in [-0.3, -0.25) is 9.59 Å². The number of carbonyl (C=O) groups is 2. The number of nitrogens with one attached hydrogen (secondary N) is 2. The normalized spacial score (nSPS) is 10.6. The van der Waals surface area contributed by atoms with Crippen molar-refractivity contribution in [2.45, 2.75) is 40.7 Å². The van der Waals surface area contributed by atoms with Crippen molar-refractivity contribution in [3.63, 3.8) is 0 Å². The Labute approximate surface area is 143 Å². The van der Waals surface area contributed by atoms with Crippen LogP contribution in [0.2, 0.25) is 0 Å². The highest BCUT2D eigenvalue weighted by atomic mass is 16.2. The van der Waals surface area contributed by atoms with E-state index in [1.165, 1.54) is 5.56 Å². The summed E-state index contributed by atoms with van der Waals surface area (Å²) in [6, 6.07) is 10.8. The number of hydrogen-bond donors (Lipinski definition) is 2. The van der Waals surface area contributed by atoms with Crippen LogP contribution in [0.25, 0.3) is 0 Å². The molecule has 0 saturated heterocycles. The van der Waals surface area contributed by atoms with Crippen LogP contribution in [0.1, 0.15) is 51.3 Å². The number of amides is 2. The zero-order valence-electron chi connectivity index (χ0n) is 14.9. The van der Waals surface area contributed by atoms with Crippen LogP contribution in [0.4, 0.5) is 5.69 Å². The van der Waals surface area contributed by atoms with E-state index in [4.69, 9.17) is 0 Å². The van der Waals surface area contributed by atoms with Gasteiger partial charge in [-0.2, -0.15) is 0 Å². The lowest BCUT2D eigenvalue weighted by molar-refractivity contribution is 0.0941. The lowest BCUT2D eigenvalue weighted by Gasteiger charge is -2.13. The molecule has 0 heterocycles. The van der Waals surface area contributed by atoms with Crippen LogP contribution in [-0.2, 0) is 0 Å². The van der Waals surface area contributed by atoms with E-state index in [0.717, 1.165) is 16.8 Å². The number of anilines is 1. The fourth-order valence-electron chi connectivity index (χ4n) is 2.68. The summed E-state index contributed by atoms with van der Waals surface area (Å²) in [4.78, 5) is 24.4. The van der Waals surface area contributed by atoms with Gasteiger partial charge in [0.15, 0.2) is 0 Å². The van der Waals surface area contributed by atoms with E-state index in [-0.39, 0.29) is 17.9 Å². The van der Waals surface area contributed by atoms with Gasteiger partial charge in [-0.05, 0) is 70.0 Å². The topological polar surface area (TPSA) is 58.2 Å². The van der Waals surface area contributed by atoms with Gasteiger partial charge < -0.3 is 10.6 Å². The third kappa shape index (κ3) is 4.22. The number of benzene rings is 2. The highest BCUT2D eigenvalue weighted by molar-refractivity contribution is 6.05. The van der Waals surface area contributed by atoms with Gasteiger partial charge in [-0.1, -0.05) is 17.7 Å². The Balaban J connectivity index is 2.15. The molecule has 0 aliphatic rings. The van der Waals surface area contributed by atoms with Crippen LogP contribution in [0, 0.1) is 20.8 Å². The second kappa shape index (κ2) is 7.30. The summed E-state index contributed by atoms with van der Waals surface area (Å²) in [6.07, 6.45) is 0. The SMILES string of the molecule is Cc1cc(C)c(NC(=O)c2ccc(C(=O)NC(C)C)cc2)c(C)c1. The van der Waals surface area contributed by atoms with E-state index in [0.29, 0.717) is 11.1 Å². The third-order valence-corrected chi connectivity index (χ3v) is 3.74.